The molecule has 0 spiro atoms. The first-order valence-electron chi connectivity index (χ1n) is 20.3. The van der Waals surface area contributed by atoms with E-state index in [1.165, 1.54) is 17.7 Å². The molecule has 0 heterocycles. The predicted octanol–water partition coefficient (Wildman–Crippen LogP) is 8.59. The first-order valence-corrected chi connectivity index (χ1v) is 23.9. The van der Waals surface area contributed by atoms with E-state index >= 15 is 0 Å². The summed E-state index contributed by atoms with van der Waals surface area (Å²) in [6, 6.07) is 37.9. The van der Waals surface area contributed by atoms with Gasteiger partial charge in [0.1, 0.15) is 0 Å². The number of benzene rings is 6. The molecule has 2 aliphatic carbocycles. The van der Waals surface area contributed by atoms with Crippen molar-refractivity contribution in [1.29, 1.82) is 0 Å². The maximum Gasteiger partial charge on any atom is -1.00 e. The predicted molar refractivity (Wildman–Crippen MR) is 231 cm³/mol. The van der Waals surface area contributed by atoms with Crippen molar-refractivity contribution < 1.29 is 72.4 Å². The second-order valence-corrected chi connectivity index (χ2v) is 23.8. The Morgan fingerprint density at radius 2 is 1.05 bits per heavy atom. The van der Waals surface area contributed by atoms with Crippen molar-refractivity contribution in [3.63, 3.8) is 0 Å². The van der Waals surface area contributed by atoms with Crippen LogP contribution in [0.4, 0.5) is 26.3 Å². The third-order valence-electron chi connectivity index (χ3n) is 11.6. The van der Waals surface area contributed by atoms with Gasteiger partial charge in [-0.3, -0.25) is 0 Å². The maximum atomic E-state index is 14.6. The molecule has 0 atom stereocenters. The van der Waals surface area contributed by atoms with Crippen LogP contribution in [0.3, 0.4) is 0 Å². The van der Waals surface area contributed by atoms with Crippen molar-refractivity contribution >= 4 is 6.48 Å². The molecular formula is C53H46Cl2F6Zr. The molecule has 0 aliphatic heterocycles. The van der Waals surface area contributed by atoms with Crippen LogP contribution in [-0.4, -0.2) is 3.21 Å². The van der Waals surface area contributed by atoms with Gasteiger partial charge in [-0.1, -0.05) is 0 Å². The molecule has 0 N–H and O–H groups in total. The molecule has 0 saturated heterocycles. The number of allylic oxidation sites excluding steroid dienone is 4. The van der Waals surface area contributed by atoms with Crippen LogP contribution in [0.5, 0.6) is 0 Å². The van der Waals surface area contributed by atoms with E-state index in [4.69, 9.17) is 0 Å². The van der Waals surface area contributed by atoms with Crippen LogP contribution in [-0.2, 0) is 50.9 Å². The first kappa shape index (κ1) is 47.2. The molecule has 318 valence electrons. The standard InChI is InChI=1S/C33H33.C15H8F6.C5H5.2ClH.Zr/c1-32(2,3)30-20-26-24(18-28(30)22-13-9-7-10-14-22)17-25-19-29(23-15-11-8-12-16-23)31(21-27(25)26)33(4,5)6;16-14(17,18)12-5-1-3-10(8-12)7-11-4-2-6-13(9-11)15(19,20)21;1-2-4-5-3-1;;;/h7-16,18,20-21H,17H2,1-6H3;1-6,8-9H;1-3H,4H2;2*1H;/q;;;;;+2/p-2. The van der Waals surface area contributed by atoms with E-state index in [0.29, 0.717) is 27.2 Å². The number of hydrogen-bond acceptors (Lipinski definition) is 0. The van der Waals surface area contributed by atoms with Gasteiger partial charge in [0, 0.05) is 0 Å². The molecule has 6 aromatic rings. The largest absolute Gasteiger partial charge is 1.00 e. The van der Waals surface area contributed by atoms with Gasteiger partial charge in [-0.2, -0.15) is 0 Å². The SMILES string of the molecule is CC(C)(C)c1cc2c(cc1-c1ccccc1)Cc1c-2cc(C(C)(C)C)c(-c2ccccc2)[c]1[Zr+2]([C]1=CC=CC1)=[C](c1cccc(C(F)(F)F)c1)c1cccc(C(F)(F)F)c1.[Cl-].[Cl-]. The van der Waals surface area contributed by atoms with Gasteiger partial charge in [0.25, 0.3) is 0 Å². The van der Waals surface area contributed by atoms with E-state index in [-0.39, 0.29) is 30.2 Å². The molecule has 0 aromatic heterocycles. The van der Waals surface area contributed by atoms with Gasteiger partial charge >= 0.3 is 358 Å². The van der Waals surface area contributed by atoms with Crippen molar-refractivity contribution in [1.82, 2.24) is 0 Å². The van der Waals surface area contributed by atoms with E-state index in [2.05, 4.69) is 96.2 Å². The third-order valence-corrected chi connectivity index (χ3v) is 19.4. The van der Waals surface area contributed by atoms with Crippen LogP contribution in [0.2, 0.25) is 0 Å². The fraction of sp³-hybridized carbons (Fsp3) is 0.226. The van der Waals surface area contributed by atoms with E-state index in [0.717, 1.165) is 80.9 Å². The third kappa shape index (κ3) is 9.19. The topological polar surface area (TPSA) is 0 Å². The van der Waals surface area contributed by atoms with Crippen molar-refractivity contribution in [3.05, 3.63) is 193 Å². The van der Waals surface area contributed by atoms with E-state index in [1.54, 1.807) is 12.1 Å². The van der Waals surface area contributed by atoms with Gasteiger partial charge in [-0.05, 0) is 0 Å². The number of rotatable bonds is 6. The summed E-state index contributed by atoms with van der Waals surface area (Å²) in [6.07, 6.45) is -2.04. The Balaban J connectivity index is 0.00000321. The smallest absolute Gasteiger partial charge is 1.00 e. The molecule has 2 aliphatic rings. The molecule has 9 heteroatoms. The maximum absolute atomic E-state index is 14.6. The van der Waals surface area contributed by atoms with Gasteiger partial charge in [-0.25, -0.2) is 0 Å². The van der Waals surface area contributed by atoms with E-state index in [1.807, 2.05) is 42.5 Å². The number of hydrogen-bond donors (Lipinski definition) is 0. The summed E-state index contributed by atoms with van der Waals surface area (Å²) in [5.74, 6) is 0. The Morgan fingerprint density at radius 3 is 1.53 bits per heavy atom. The first-order chi connectivity index (χ1) is 28.3. The minimum Gasteiger partial charge on any atom is -1.00 e. The normalized spacial score (nSPS) is 13.3. The van der Waals surface area contributed by atoms with E-state index < -0.39 is 50.2 Å². The molecule has 6 aromatic carbocycles. The van der Waals surface area contributed by atoms with Gasteiger partial charge in [0.2, 0.25) is 0 Å². The molecule has 0 amide bonds. The molecule has 0 unspecified atom stereocenters. The number of halogens is 8. The molecular weight excluding hydrogens is 913 g/mol. The second-order valence-electron chi connectivity index (χ2n) is 17.9. The fourth-order valence-electron chi connectivity index (χ4n) is 8.86. The Hall–Kier alpha value is -4.29. The van der Waals surface area contributed by atoms with Crippen molar-refractivity contribution in [2.75, 3.05) is 0 Å². The summed E-state index contributed by atoms with van der Waals surface area (Å²) >= 11 is -3.92. The Bertz CT molecular complexity index is 2670. The molecule has 0 bridgehead atoms. The molecule has 8 rings (SSSR count). The molecule has 0 nitrogen and oxygen atoms in total. The van der Waals surface area contributed by atoms with Crippen molar-refractivity contribution in [2.45, 2.75) is 77.6 Å². The molecule has 0 radical (unpaired) electrons. The van der Waals surface area contributed by atoms with Gasteiger partial charge in [0.15, 0.2) is 0 Å². The summed E-state index contributed by atoms with van der Waals surface area (Å²) in [6.45, 7) is 13.2. The quantitative estimate of drug-likeness (QED) is 0.147. The van der Waals surface area contributed by atoms with Crippen molar-refractivity contribution in [3.8, 4) is 33.4 Å². The Morgan fingerprint density at radius 1 is 0.532 bits per heavy atom. The van der Waals surface area contributed by atoms with Crippen LogP contribution in [0.25, 0.3) is 33.4 Å². The van der Waals surface area contributed by atoms with Crippen LogP contribution in [0.1, 0.15) is 92.5 Å². The monoisotopic (exact) mass is 956 g/mol. The molecule has 0 saturated carbocycles. The van der Waals surface area contributed by atoms with E-state index in [9.17, 15) is 26.3 Å². The Kier molecular flexibility index (Phi) is 13.5. The second kappa shape index (κ2) is 17.7. The van der Waals surface area contributed by atoms with Crippen LogP contribution in [0, 0.1) is 0 Å². The van der Waals surface area contributed by atoms with Crippen LogP contribution < -0.4 is 28.1 Å². The van der Waals surface area contributed by atoms with Crippen molar-refractivity contribution in [2.24, 2.45) is 0 Å². The van der Waals surface area contributed by atoms with Gasteiger partial charge < -0.3 is 24.8 Å². The average Bonchev–Trinajstić information content (AvgIpc) is 3.87. The van der Waals surface area contributed by atoms with Gasteiger partial charge in [0.05, 0.1) is 0 Å². The minimum absolute atomic E-state index is 0. The average molecular weight is 959 g/mol. The Labute approximate surface area is 380 Å². The summed E-state index contributed by atoms with van der Waals surface area (Å²) in [5.41, 5.74) is 9.40. The molecule has 0 fully saturated rings. The zero-order chi connectivity index (χ0) is 42.8. The summed E-state index contributed by atoms with van der Waals surface area (Å²) in [7, 11) is 0. The minimum atomic E-state index is -4.65. The fourth-order valence-corrected chi connectivity index (χ4v) is 17.3. The summed E-state index contributed by atoms with van der Waals surface area (Å²) in [4.78, 5) is 0. The van der Waals surface area contributed by atoms with Gasteiger partial charge in [-0.15, -0.1) is 0 Å². The molecule has 62 heavy (non-hydrogen) atoms. The summed E-state index contributed by atoms with van der Waals surface area (Å²) < 4.78 is 90.3. The zero-order valence-corrected chi connectivity index (χ0v) is 39.3. The summed E-state index contributed by atoms with van der Waals surface area (Å²) in [5, 5.41) is 0. The van der Waals surface area contributed by atoms with Crippen LogP contribution in [0.15, 0.2) is 149 Å². The number of fused-ring (bicyclic) bond motifs is 3. The van der Waals surface area contributed by atoms with Crippen LogP contribution >= 0.6 is 0 Å². The number of alkyl halides is 6. The zero-order valence-electron chi connectivity index (χ0n) is 35.3.